The molecule has 1 aliphatic heterocycles. The Morgan fingerprint density at radius 3 is 3.00 bits per heavy atom. The number of ether oxygens (including phenoxy) is 1. The minimum Gasteiger partial charge on any atom is -0.381 e. The molecule has 0 aliphatic carbocycles. The summed E-state index contributed by atoms with van der Waals surface area (Å²) >= 11 is 0. The van der Waals surface area contributed by atoms with E-state index in [0.717, 1.165) is 26.1 Å². The van der Waals surface area contributed by atoms with Gasteiger partial charge in [-0.1, -0.05) is 0 Å². The first-order valence-electron chi connectivity index (χ1n) is 4.77. The summed E-state index contributed by atoms with van der Waals surface area (Å²) in [5.74, 6) is 0.191. The average molecular weight is 186 g/mol. The van der Waals surface area contributed by atoms with Crippen molar-refractivity contribution in [2.75, 3.05) is 20.3 Å². The third kappa shape index (κ3) is 3.32. The summed E-state index contributed by atoms with van der Waals surface area (Å²) in [6.07, 6.45) is 2.62. The fraction of sp³-hybridized carbons (Fsp3) is 0.889. The van der Waals surface area contributed by atoms with Crippen LogP contribution < -0.4 is 11.1 Å². The van der Waals surface area contributed by atoms with Crippen LogP contribution in [0.2, 0.25) is 0 Å². The fourth-order valence-electron chi connectivity index (χ4n) is 1.80. The van der Waals surface area contributed by atoms with E-state index in [4.69, 9.17) is 10.5 Å². The number of rotatable bonds is 4. The number of primary amides is 1. The molecule has 1 rings (SSSR count). The van der Waals surface area contributed by atoms with Crippen LogP contribution in [0.3, 0.4) is 0 Å². The Balaban J connectivity index is 2.39. The van der Waals surface area contributed by atoms with E-state index in [2.05, 4.69) is 5.32 Å². The van der Waals surface area contributed by atoms with E-state index in [1.54, 1.807) is 0 Å². The second-order valence-corrected chi connectivity index (χ2v) is 3.54. The molecule has 4 heteroatoms. The second-order valence-electron chi connectivity index (χ2n) is 3.54. The molecule has 0 aromatic rings. The minimum atomic E-state index is -0.245. The van der Waals surface area contributed by atoms with Gasteiger partial charge < -0.3 is 15.8 Å². The number of nitrogens with one attached hydrogen (secondary N) is 1. The second kappa shape index (κ2) is 5.19. The van der Waals surface area contributed by atoms with Gasteiger partial charge in [0.05, 0.1) is 6.61 Å². The van der Waals surface area contributed by atoms with E-state index < -0.39 is 0 Å². The van der Waals surface area contributed by atoms with Gasteiger partial charge in [0.2, 0.25) is 5.91 Å². The molecule has 1 saturated heterocycles. The molecule has 1 fully saturated rings. The van der Waals surface area contributed by atoms with Gasteiger partial charge in [-0.15, -0.1) is 0 Å². The largest absolute Gasteiger partial charge is 0.381 e. The fourth-order valence-corrected chi connectivity index (χ4v) is 1.80. The molecular weight excluding hydrogens is 168 g/mol. The van der Waals surface area contributed by atoms with Crippen molar-refractivity contribution in [3.05, 3.63) is 0 Å². The molecule has 3 N–H and O–H groups in total. The monoisotopic (exact) mass is 186 g/mol. The van der Waals surface area contributed by atoms with Crippen molar-refractivity contribution in [2.45, 2.75) is 25.3 Å². The maximum absolute atomic E-state index is 10.8. The molecule has 0 saturated carbocycles. The Labute approximate surface area is 78.8 Å². The molecule has 13 heavy (non-hydrogen) atoms. The minimum absolute atomic E-state index is 0.179. The third-order valence-corrected chi connectivity index (χ3v) is 2.56. The lowest BCUT2D eigenvalue weighted by Gasteiger charge is -2.29. The van der Waals surface area contributed by atoms with Gasteiger partial charge in [0.1, 0.15) is 0 Å². The molecule has 1 amide bonds. The van der Waals surface area contributed by atoms with Gasteiger partial charge in [0.15, 0.2) is 0 Å². The smallest absolute Gasteiger partial charge is 0.218 e. The summed E-state index contributed by atoms with van der Waals surface area (Å²) in [4.78, 5) is 10.8. The van der Waals surface area contributed by atoms with Crippen LogP contribution in [0.25, 0.3) is 0 Å². The molecule has 0 bridgehead atoms. The standard InChI is InChI=1S/C9H18N2O2/c1-11-8(5-9(10)12)7-3-2-4-13-6-7/h7-8,11H,2-6H2,1H3,(H2,10,12). The van der Waals surface area contributed by atoms with E-state index in [-0.39, 0.29) is 11.9 Å². The van der Waals surface area contributed by atoms with Crippen LogP contribution in [0.1, 0.15) is 19.3 Å². The quantitative estimate of drug-likeness (QED) is 0.643. The summed E-state index contributed by atoms with van der Waals surface area (Å²) in [6.45, 7) is 1.60. The molecule has 0 aromatic heterocycles. The predicted molar refractivity (Wildman–Crippen MR) is 50.2 cm³/mol. The Hall–Kier alpha value is -0.610. The Kier molecular flexibility index (Phi) is 4.18. The van der Waals surface area contributed by atoms with E-state index in [0.29, 0.717) is 12.3 Å². The number of carbonyl (C=O) groups is 1. The number of amides is 1. The van der Waals surface area contributed by atoms with Crippen LogP contribution in [0, 0.1) is 5.92 Å². The third-order valence-electron chi connectivity index (χ3n) is 2.56. The lowest BCUT2D eigenvalue weighted by atomic mass is 9.91. The molecular formula is C9H18N2O2. The van der Waals surface area contributed by atoms with Crippen molar-refractivity contribution in [1.29, 1.82) is 0 Å². The van der Waals surface area contributed by atoms with E-state index in [1.807, 2.05) is 7.05 Å². The summed E-state index contributed by atoms with van der Waals surface area (Å²) in [5.41, 5.74) is 5.16. The highest BCUT2D eigenvalue weighted by atomic mass is 16.5. The predicted octanol–water partition coefficient (Wildman–Crippen LogP) is -0.124. The van der Waals surface area contributed by atoms with Gasteiger partial charge in [-0.25, -0.2) is 0 Å². The average Bonchev–Trinajstić information content (AvgIpc) is 2.15. The lowest BCUT2D eigenvalue weighted by molar-refractivity contribution is -0.119. The van der Waals surface area contributed by atoms with Crippen molar-refractivity contribution in [3.63, 3.8) is 0 Å². The highest BCUT2D eigenvalue weighted by Gasteiger charge is 2.23. The van der Waals surface area contributed by atoms with E-state index in [9.17, 15) is 4.79 Å². The molecule has 1 heterocycles. The van der Waals surface area contributed by atoms with Gasteiger partial charge in [-0.05, 0) is 25.8 Å². The van der Waals surface area contributed by atoms with Crippen LogP contribution >= 0.6 is 0 Å². The first-order valence-corrected chi connectivity index (χ1v) is 4.77. The molecule has 1 aliphatic rings. The zero-order chi connectivity index (χ0) is 9.68. The van der Waals surface area contributed by atoms with Crippen LogP contribution in [0.15, 0.2) is 0 Å². The summed E-state index contributed by atoms with van der Waals surface area (Å²) in [6, 6.07) is 0.179. The number of hydrogen-bond donors (Lipinski definition) is 2. The molecule has 0 radical (unpaired) electrons. The number of hydrogen-bond acceptors (Lipinski definition) is 3. The molecule has 2 unspecified atom stereocenters. The molecule has 0 spiro atoms. The molecule has 4 nitrogen and oxygen atoms in total. The Morgan fingerprint density at radius 2 is 2.54 bits per heavy atom. The number of nitrogens with two attached hydrogens (primary N) is 1. The first kappa shape index (κ1) is 10.5. The number of carbonyl (C=O) groups excluding carboxylic acids is 1. The van der Waals surface area contributed by atoms with E-state index in [1.165, 1.54) is 0 Å². The van der Waals surface area contributed by atoms with Crippen molar-refractivity contribution < 1.29 is 9.53 Å². The molecule has 0 aromatic carbocycles. The highest BCUT2D eigenvalue weighted by molar-refractivity contribution is 5.74. The van der Waals surface area contributed by atoms with Gasteiger partial charge >= 0.3 is 0 Å². The zero-order valence-electron chi connectivity index (χ0n) is 8.08. The van der Waals surface area contributed by atoms with Gasteiger partial charge in [-0.2, -0.15) is 0 Å². The normalized spacial score (nSPS) is 25.5. The summed E-state index contributed by atoms with van der Waals surface area (Å²) in [7, 11) is 1.86. The van der Waals surface area contributed by atoms with Crippen LogP contribution in [-0.2, 0) is 9.53 Å². The highest BCUT2D eigenvalue weighted by Crippen LogP contribution is 2.18. The van der Waals surface area contributed by atoms with E-state index >= 15 is 0 Å². The van der Waals surface area contributed by atoms with Gasteiger partial charge in [0.25, 0.3) is 0 Å². The molecule has 76 valence electrons. The van der Waals surface area contributed by atoms with Crippen LogP contribution in [0.4, 0.5) is 0 Å². The molecule has 2 atom stereocenters. The first-order chi connectivity index (χ1) is 6.24. The maximum Gasteiger partial charge on any atom is 0.218 e. The van der Waals surface area contributed by atoms with Gasteiger partial charge in [-0.3, -0.25) is 4.79 Å². The Bertz CT molecular complexity index is 167. The van der Waals surface area contributed by atoms with Crippen molar-refractivity contribution >= 4 is 5.91 Å². The van der Waals surface area contributed by atoms with Gasteiger partial charge in [0, 0.05) is 19.1 Å². The Morgan fingerprint density at radius 1 is 1.77 bits per heavy atom. The SMILES string of the molecule is CNC(CC(N)=O)C1CCCOC1. The van der Waals surface area contributed by atoms with Crippen LogP contribution in [0.5, 0.6) is 0 Å². The lowest BCUT2D eigenvalue weighted by Crippen LogP contribution is -2.41. The van der Waals surface area contributed by atoms with Crippen molar-refractivity contribution in [2.24, 2.45) is 11.7 Å². The summed E-state index contributed by atoms with van der Waals surface area (Å²) in [5, 5.41) is 3.12. The van der Waals surface area contributed by atoms with Crippen LogP contribution in [-0.4, -0.2) is 32.2 Å². The maximum atomic E-state index is 10.8. The van der Waals surface area contributed by atoms with Crippen molar-refractivity contribution in [1.82, 2.24) is 5.32 Å². The summed E-state index contributed by atoms with van der Waals surface area (Å²) < 4.78 is 5.35. The van der Waals surface area contributed by atoms with Crippen molar-refractivity contribution in [3.8, 4) is 0 Å². The zero-order valence-corrected chi connectivity index (χ0v) is 8.08. The topological polar surface area (TPSA) is 64.3 Å².